The fourth-order valence-corrected chi connectivity index (χ4v) is 4.23. The van der Waals surface area contributed by atoms with E-state index in [9.17, 15) is 9.90 Å². The third-order valence-corrected chi connectivity index (χ3v) is 5.72. The Hall–Kier alpha value is -1.30. The summed E-state index contributed by atoms with van der Waals surface area (Å²) in [6.45, 7) is 2.63. The summed E-state index contributed by atoms with van der Waals surface area (Å²) in [5.41, 5.74) is 0. The Labute approximate surface area is 135 Å². The highest BCUT2D eigenvalue weighted by molar-refractivity contribution is 7.16. The molecule has 2 N–H and O–H groups in total. The molecule has 0 aromatic carbocycles. The van der Waals surface area contributed by atoms with Gasteiger partial charge in [0.05, 0.1) is 11.3 Å². The number of thiazole rings is 1. The molecule has 1 saturated carbocycles. The van der Waals surface area contributed by atoms with Crippen LogP contribution < -0.4 is 5.32 Å². The number of likely N-dealkylation sites (tertiary alicyclic amines) is 1. The molecule has 0 radical (unpaired) electrons. The summed E-state index contributed by atoms with van der Waals surface area (Å²) < 4.78 is 0. The van der Waals surface area contributed by atoms with Crippen molar-refractivity contribution in [1.29, 1.82) is 0 Å². The largest absolute Gasteiger partial charge is 0.492 e. The number of aromatic nitrogens is 1. The number of hydrogen-bond donors (Lipinski definition) is 2. The number of amides is 1. The highest BCUT2D eigenvalue weighted by Gasteiger charge is 2.21. The minimum absolute atomic E-state index is 0.0173. The molecule has 1 aromatic rings. The van der Waals surface area contributed by atoms with Gasteiger partial charge in [-0.1, -0.05) is 30.6 Å². The molecule has 6 heteroatoms. The summed E-state index contributed by atoms with van der Waals surface area (Å²) in [5, 5.41) is 14.0. The highest BCUT2D eigenvalue weighted by Crippen LogP contribution is 2.30. The number of anilines is 1. The van der Waals surface area contributed by atoms with E-state index in [0.717, 1.165) is 43.5 Å². The molecule has 2 fully saturated rings. The average Bonchev–Trinajstić information content (AvgIpc) is 3.17. The van der Waals surface area contributed by atoms with E-state index in [1.54, 1.807) is 0 Å². The Morgan fingerprint density at radius 3 is 2.68 bits per heavy atom. The number of carbonyl (C=O) groups excluding carboxylic acids is 1. The maximum atomic E-state index is 12.2. The summed E-state index contributed by atoms with van der Waals surface area (Å²) >= 11 is 1.42. The third-order valence-electron chi connectivity index (χ3n) is 4.71. The SMILES string of the molecule is O=C(Cc1sc(NCC2CCCCC2)nc1O)N1CCCC1. The van der Waals surface area contributed by atoms with E-state index in [2.05, 4.69) is 10.3 Å². The second-order valence-corrected chi connectivity index (χ2v) is 7.50. The normalized spacial score (nSPS) is 19.5. The predicted octanol–water partition coefficient (Wildman–Crippen LogP) is 3.01. The van der Waals surface area contributed by atoms with Crippen LogP contribution in [0.5, 0.6) is 5.88 Å². The zero-order chi connectivity index (χ0) is 15.4. The third kappa shape index (κ3) is 3.91. The smallest absolute Gasteiger partial charge is 0.228 e. The first-order valence-electron chi connectivity index (χ1n) is 8.42. The van der Waals surface area contributed by atoms with Gasteiger partial charge in [0.25, 0.3) is 0 Å². The molecule has 1 saturated heterocycles. The van der Waals surface area contributed by atoms with E-state index in [1.807, 2.05) is 4.90 Å². The molecule has 1 aromatic heterocycles. The van der Waals surface area contributed by atoms with Gasteiger partial charge in [-0.2, -0.15) is 4.98 Å². The number of hydrogen-bond acceptors (Lipinski definition) is 5. The average molecular weight is 323 g/mol. The molecule has 1 aliphatic heterocycles. The molecule has 3 rings (SSSR count). The van der Waals surface area contributed by atoms with Crippen molar-refractivity contribution >= 4 is 22.4 Å². The van der Waals surface area contributed by atoms with Gasteiger partial charge >= 0.3 is 0 Å². The first-order valence-corrected chi connectivity index (χ1v) is 9.24. The first-order chi connectivity index (χ1) is 10.7. The van der Waals surface area contributed by atoms with Crippen molar-refractivity contribution in [2.24, 2.45) is 5.92 Å². The van der Waals surface area contributed by atoms with E-state index in [1.165, 1.54) is 43.4 Å². The lowest BCUT2D eigenvalue weighted by Crippen LogP contribution is -2.28. The maximum absolute atomic E-state index is 12.2. The number of aromatic hydroxyl groups is 1. The van der Waals surface area contributed by atoms with Crippen molar-refractivity contribution in [3.63, 3.8) is 0 Å². The van der Waals surface area contributed by atoms with Crippen LogP contribution in [0.1, 0.15) is 49.8 Å². The summed E-state index contributed by atoms with van der Waals surface area (Å²) in [6.07, 6.45) is 9.03. The molecule has 22 heavy (non-hydrogen) atoms. The van der Waals surface area contributed by atoms with Crippen molar-refractivity contribution in [2.75, 3.05) is 25.0 Å². The van der Waals surface area contributed by atoms with E-state index in [4.69, 9.17) is 0 Å². The number of nitrogens with one attached hydrogen (secondary N) is 1. The van der Waals surface area contributed by atoms with Gasteiger partial charge in [0.15, 0.2) is 5.13 Å². The van der Waals surface area contributed by atoms with Crippen LogP contribution in [-0.4, -0.2) is 40.5 Å². The van der Waals surface area contributed by atoms with E-state index in [0.29, 0.717) is 4.88 Å². The van der Waals surface area contributed by atoms with Crippen LogP contribution in [0.3, 0.4) is 0 Å². The zero-order valence-corrected chi connectivity index (χ0v) is 13.8. The predicted molar refractivity (Wildman–Crippen MR) is 88.4 cm³/mol. The van der Waals surface area contributed by atoms with Crippen molar-refractivity contribution in [1.82, 2.24) is 9.88 Å². The molecular formula is C16H25N3O2S. The second kappa shape index (κ2) is 7.31. The minimum atomic E-state index is 0.0173. The van der Waals surface area contributed by atoms with Gasteiger partial charge in [0.1, 0.15) is 0 Å². The van der Waals surface area contributed by atoms with Gasteiger partial charge in [-0.3, -0.25) is 4.79 Å². The van der Waals surface area contributed by atoms with E-state index < -0.39 is 0 Å². The van der Waals surface area contributed by atoms with Crippen LogP contribution in [-0.2, 0) is 11.2 Å². The Kier molecular flexibility index (Phi) is 5.18. The number of rotatable bonds is 5. The quantitative estimate of drug-likeness (QED) is 0.874. The lowest BCUT2D eigenvalue weighted by Gasteiger charge is -2.21. The van der Waals surface area contributed by atoms with Gasteiger partial charge < -0.3 is 15.3 Å². The fraction of sp³-hybridized carbons (Fsp3) is 0.750. The topological polar surface area (TPSA) is 65.5 Å². The Balaban J connectivity index is 1.52. The zero-order valence-electron chi connectivity index (χ0n) is 13.0. The highest BCUT2D eigenvalue weighted by atomic mass is 32.1. The van der Waals surface area contributed by atoms with E-state index in [-0.39, 0.29) is 18.2 Å². The van der Waals surface area contributed by atoms with Crippen LogP contribution in [0.25, 0.3) is 0 Å². The molecule has 0 bridgehead atoms. The van der Waals surface area contributed by atoms with Crippen LogP contribution >= 0.6 is 11.3 Å². The monoisotopic (exact) mass is 323 g/mol. The standard InChI is InChI=1S/C16H25N3O2S/c20-14(19-8-4-5-9-19)10-13-15(21)18-16(22-13)17-11-12-6-2-1-3-7-12/h12,21H,1-11H2,(H,17,18). The maximum Gasteiger partial charge on any atom is 0.228 e. The Morgan fingerprint density at radius 1 is 1.23 bits per heavy atom. The van der Waals surface area contributed by atoms with Crippen LogP contribution in [0.15, 0.2) is 0 Å². The molecule has 2 aliphatic rings. The fourth-order valence-electron chi connectivity index (χ4n) is 3.37. The van der Waals surface area contributed by atoms with Gasteiger partial charge in [0.2, 0.25) is 11.8 Å². The number of nitrogens with zero attached hydrogens (tertiary/aromatic N) is 2. The molecule has 5 nitrogen and oxygen atoms in total. The van der Waals surface area contributed by atoms with Crippen LogP contribution in [0.2, 0.25) is 0 Å². The van der Waals surface area contributed by atoms with Crippen molar-refractivity contribution < 1.29 is 9.90 Å². The molecule has 122 valence electrons. The first kappa shape index (κ1) is 15.6. The molecule has 1 aliphatic carbocycles. The lowest BCUT2D eigenvalue weighted by atomic mass is 9.89. The Bertz CT molecular complexity index is 505. The minimum Gasteiger partial charge on any atom is -0.492 e. The summed E-state index contributed by atoms with van der Waals surface area (Å²) in [5.74, 6) is 0.841. The second-order valence-electron chi connectivity index (χ2n) is 6.42. The van der Waals surface area contributed by atoms with Gasteiger partial charge in [-0.05, 0) is 31.6 Å². The molecular weight excluding hydrogens is 298 g/mol. The summed E-state index contributed by atoms with van der Waals surface area (Å²) in [7, 11) is 0. The molecule has 2 heterocycles. The molecule has 0 spiro atoms. The van der Waals surface area contributed by atoms with Crippen molar-refractivity contribution in [3.8, 4) is 5.88 Å². The van der Waals surface area contributed by atoms with Gasteiger partial charge in [-0.25, -0.2) is 0 Å². The summed E-state index contributed by atoms with van der Waals surface area (Å²) in [6, 6.07) is 0. The molecule has 1 amide bonds. The van der Waals surface area contributed by atoms with Crippen LogP contribution in [0.4, 0.5) is 5.13 Å². The van der Waals surface area contributed by atoms with E-state index >= 15 is 0 Å². The summed E-state index contributed by atoms with van der Waals surface area (Å²) in [4.78, 5) is 18.9. The molecule has 0 unspecified atom stereocenters. The van der Waals surface area contributed by atoms with Gasteiger partial charge in [-0.15, -0.1) is 0 Å². The van der Waals surface area contributed by atoms with Gasteiger partial charge in [0, 0.05) is 19.6 Å². The molecule has 0 atom stereocenters. The van der Waals surface area contributed by atoms with Crippen LogP contribution in [0, 0.1) is 5.92 Å². The Morgan fingerprint density at radius 2 is 1.95 bits per heavy atom. The van der Waals surface area contributed by atoms with Crippen molar-refractivity contribution in [2.45, 2.75) is 51.4 Å². The number of carbonyl (C=O) groups is 1. The van der Waals surface area contributed by atoms with Crippen molar-refractivity contribution in [3.05, 3.63) is 4.88 Å². The lowest BCUT2D eigenvalue weighted by molar-refractivity contribution is -0.129.